The Hall–Kier alpha value is -3.03. The van der Waals surface area contributed by atoms with Crippen molar-refractivity contribution < 1.29 is 14.3 Å². The number of hydrogen-bond acceptors (Lipinski definition) is 4. The predicted octanol–water partition coefficient (Wildman–Crippen LogP) is 2.72. The SMILES string of the molecule is CN1C(=O)COc2cc(NC(=O)N3CCCC[C@@H]3CCn3cccn3)ccc21. The van der Waals surface area contributed by atoms with Crippen LogP contribution in [-0.4, -0.2) is 52.9 Å². The molecule has 0 spiro atoms. The summed E-state index contributed by atoms with van der Waals surface area (Å²) in [6.45, 7) is 1.57. The molecule has 4 rings (SSSR count). The zero-order valence-electron chi connectivity index (χ0n) is 16.0. The van der Waals surface area contributed by atoms with Gasteiger partial charge in [-0.15, -0.1) is 0 Å². The summed E-state index contributed by atoms with van der Waals surface area (Å²) in [5.74, 6) is 0.520. The number of rotatable bonds is 4. The van der Waals surface area contributed by atoms with Gasteiger partial charge in [0.2, 0.25) is 0 Å². The zero-order valence-corrected chi connectivity index (χ0v) is 16.0. The maximum atomic E-state index is 12.9. The molecular weight excluding hydrogens is 358 g/mol. The quantitative estimate of drug-likeness (QED) is 0.880. The fraction of sp³-hybridized carbons (Fsp3) is 0.450. The van der Waals surface area contributed by atoms with Crippen LogP contribution in [0.3, 0.4) is 0 Å². The van der Waals surface area contributed by atoms with Gasteiger partial charge >= 0.3 is 6.03 Å². The van der Waals surface area contributed by atoms with E-state index in [1.807, 2.05) is 21.8 Å². The molecule has 1 fully saturated rings. The van der Waals surface area contributed by atoms with Crippen LogP contribution in [0.25, 0.3) is 0 Å². The number of fused-ring (bicyclic) bond motifs is 1. The number of amides is 3. The van der Waals surface area contributed by atoms with Crippen LogP contribution in [-0.2, 0) is 11.3 Å². The Morgan fingerprint density at radius 1 is 1.36 bits per heavy atom. The molecule has 1 aromatic carbocycles. The molecule has 0 aliphatic carbocycles. The van der Waals surface area contributed by atoms with E-state index >= 15 is 0 Å². The lowest BCUT2D eigenvalue weighted by atomic mass is 10.00. The Kier molecular flexibility index (Phi) is 5.18. The van der Waals surface area contributed by atoms with Crippen molar-refractivity contribution in [3.05, 3.63) is 36.7 Å². The average molecular weight is 383 g/mol. The summed E-state index contributed by atoms with van der Waals surface area (Å²) in [5, 5.41) is 7.24. The van der Waals surface area contributed by atoms with E-state index < -0.39 is 0 Å². The first-order valence-corrected chi connectivity index (χ1v) is 9.70. The first kappa shape index (κ1) is 18.3. The Morgan fingerprint density at radius 2 is 2.25 bits per heavy atom. The van der Waals surface area contributed by atoms with Crippen molar-refractivity contribution in [1.82, 2.24) is 14.7 Å². The van der Waals surface area contributed by atoms with E-state index in [0.29, 0.717) is 17.1 Å². The van der Waals surface area contributed by atoms with Gasteiger partial charge in [0.05, 0.1) is 5.69 Å². The third-order valence-corrected chi connectivity index (χ3v) is 5.44. The smallest absolute Gasteiger partial charge is 0.322 e. The first-order valence-electron chi connectivity index (χ1n) is 9.70. The summed E-state index contributed by atoms with van der Waals surface area (Å²) in [6.07, 6.45) is 7.77. The van der Waals surface area contributed by atoms with Crippen molar-refractivity contribution in [2.75, 3.05) is 30.4 Å². The van der Waals surface area contributed by atoms with E-state index in [2.05, 4.69) is 10.4 Å². The van der Waals surface area contributed by atoms with Crippen LogP contribution < -0.4 is 15.0 Å². The molecule has 3 heterocycles. The minimum atomic E-state index is -0.0923. The molecule has 1 N–H and O–H groups in total. The maximum absolute atomic E-state index is 12.9. The van der Waals surface area contributed by atoms with Crippen molar-refractivity contribution in [3.8, 4) is 5.75 Å². The van der Waals surface area contributed by atoms with E-state index in [0.717, 1.165) is 38.8 Å². The number of anilines is 2. The summed E-state index contributed by atoms with van der Waals surface area (Å²) in [6, 6.07) is 7.40. The molecule has 2 aromatic rings. The van der Waals surface area contributed by atoms with Gasteiger partial charge in [0.25, 0.3) is 5.91 Å². The number of nitrogens with zero attached hydrogens (tertiary/aromatic N) is 4. The number of ether oxygens (including phenoxy) is 1. The van der Waals surface area contributed by atoms with Gasteiger partial charge in [-0.1, -0.05) is 0 Å². The van der Waals surface area contributed by atoms with E-state index in [9.17, 15) is 9.59 Å². The number of benzene rings is 1. The molecule has 0 bridgehead atoms. The number of nitrogens with one attached hydrogen (secondary N) is 1. The van der Waals surface area contributed by atoms with E-state index in [-0.39, 0.29) is 24.6 Å². The largest absolute Gasteiger partial charge is 0.481 e. The van der Waals surface area contributed by atoms with Crippen LogP contribution in [0, 0.1) is 0 Å². The number of hydrogen-bond donors (Lipinski definition) is 1. The lowest BCUT2D eigenvalue weighted by Gasteiger charge is -2.36. The summed E-state index contributed by atoms with van der Waals surface area (Å²) < 4.78 is 7.42. The monoisotopic (exact) mass is 383 g/mol. The second-order valence-corrected chi connectivity index (χ2v) is 7.25. The van der Waals surface area contributed by atoms with Crippen molar-refractivity contribution in [2.24, 2.45) is 0 Å². The van der Waals surface area contributed by atoms with Crippen molar-refractivity contribution in [3.63, 3.8) is 0 Å². The Balaban J connectivity index is 1.42. The van der Waals surface area contributed by atoms with Gasteiger partial charge in [0.15, 0.2) is 6.61 Å². The number of aryl methyl sites for hydroxylation is 1. The predicted molar refractivity (Wildman–Crippen MR) is 106 cm³/mol. The summed E-state index contributed by atoms with van der Waals surface area (Å²) in [4.78, 5) is 28.1. The van der Waals surface area contributed by atoms with E-state index in [1.165, 1.54) is 0 Å². The molecule has 0 saturated carbocycles. The number of carbonyl (C=O) groups excluding carboxylic acids is 2. The highest BCUT2D eigenvalue weighted by Gasteiger charge is 2.27. The molecule has 1 atom stereocenters. The standard InChI is InChI=1S/C20H25N5O3/c1-23-17-7-6-15(13-18(17)28-14-19(23)26)22-20(27)25-11-3-2-5-16(25)8-12-24-10-4-9-21-24/h4,6-7,9-10,13,16H,2-3,5,8,11-12,14H2,1H3,(H,22,27)/t16-/m1/s1. The van der Waals surface area contributed by atoms with E-state index in [1.54, 1.807) is 36.3 Å². The van der Waals surface area contributed by atoms with Gasteiger partial charge in [0, 0.05) is 50.3 Å². The average Bonchev–Trinajstić information content (AvgIpc) is 3.23. The topological polar surface area (TPSA) is 79.7 Å². The number of piperidine rings is 1. The number of likely N-dealkylation sites (tertiary alicyclic amines) is 1. The highest BCUT2D eigenvalue weighted by Crippen LogP contribution is 2.34. The normalized spacial score (nSPS) is 19.2. The highest BCUT2D eigenvalue weighted by molar-refractivity contribution is 5.98. The van der Waals surface area contributed by atoms with Gasteiger partial charge in [-0.3, -0.25) is 9.48 Å². The first-order chi connectivity index (χ1) is 13.6. The van der Waals surface area contributed by atoms with Gasteiger partial charge in [-0.05, 0) is 43.9 Å². The van der Waals surface area contributed by atoms with Crippen LogP contribution in [0.15, 0.2) is 36.7 Å². The van der Waals surface area contributed by atoms with Crippen LogP contribution in [0.5, 0.6) is 5.75 Å². The molecule has 1 aromatic heterocycles. The van der Waals surface area contributed by atoms with Crippen LogP contribution in [0.4, 0.5) is 16.2 Å². The van der Waals surface area contributed by atoms with Crippen LogP contribution >= 0.6 is 0 Å². The molecule has 2 aliphatic rings. The molecule has 148 valence electrons. The molecule has 0 unspecified atom stereocenters. The third kappa shape index (κ3) is 3.81. The molecule has 8 nitrogen and oxygen atoms in total. The number of carbonyl (C=O) groups is 2. The van der Waals surface area contributed by atoms with Crippen molar-refractivity contribution in [2.45, 2.75) is 38.3 Å². The zero-order chi connectivity index (χ0) is 19.5. The van der Waals surface area contributed by atoms with E-state index in [4.69, 9.17) is 4.74 Å². The minimum Gasteiger partial charge on any atom is -0.481 e. The Morgan fingerprint density at radius 3 is 3.07 bits per heavy atom. The second kappa shape index (κ2) is 7.92. The summed E-state index contributed by atoms with van der Waals surface area (Å²) >= 11 is 0. The van der Waals surface area contributed by atoms with Crippen LogP contribution in [0.2, 0.25) is 0 Å². The lowest BCUT2D eigenvalue weighted by molar-refractivity contribution is -0.120. The molecule has 0 radical (unpaired) electrons. The number of urea groups is 1. The fourth-order valence-electron chi connectivity index (χ4n) is 3.83. The molecule has 8 heteroatoms. The molecule has 28 heavy (non-hydrogen) atoms. The van der Waals surface area contributed by atoms with Gasteiger partial charge in [-0.25, -0.2) is 4.79 Å². The molecule has 1 saturated heterocycles. The molecule has 3 amide bonds. The van der Waals surface area contributed by atoms with Gasteiger partial charge in [-0.2, -0.15) is 5.10 Å². The van der Waals surface area contributed by atoms with Gasteiger partial charge < -0.3 is 19.9 Å². The van der Waals surface area contributed by atoms with Gasteiger partial charge in [0.1, 0.15) is 5.75 Å². The molecular formula is C20H25N5O3. The minimum absolute atomic E-state index is 0.0164. The lowest BCUT2D eigenvalue weighted by Crippen LogP contribution is -2.46. The Labute approximate surface area is 164 Å². The maximum Gasteiger partial charge on any atom is 0.322 e. The fourth-order valence-corrected chi connectivity index (χ4v) is 3.83. The summed E-state index contributed by atoms with van der Waals surface area (Å²) in [7, 11) is 1.72. The van der Waals surface area contributed by atoms with Crippen LogP contribution in [0.1, 0.15) is 25.7 Å². The molecule has 2 aliphatic heterocycles. The number of aromatic nitrogens is 2. The number of likely N-dealkylation sites (N-methyl/N-ethyl adjacent to an activating group) is 1. The van der Waals surface area contributed by atoms with Crippen molar-refractivity contribution >= 4 is 23.3 Å². The highest BCUT2D eigenvalue weighted by atomic mass is 16.5. The third-order valence-electron chi connectivity index (χ3n) is 5.44. The summed E-state index contributed by atoms with van der Waals surface area (Å²) in [5.41, 5.74) is 1.38. The second-order valence-electron chi connectivity index (χ2n) is 7.25. The van der Waals surface area contributed by atoms with Crippen molar-refractivity contribution in [1.29, 1.82) is 0 Å². The Bertz CT molecular complexity index is 852.